The lowest BCUT2D eigenvalue weighted by atomic mass is 9.76. The third-order valence-electron chi connectivity index (χ3n) is 12.7. The van der Waals surface area contributed by atoms with Crippen molar-refractivity contribution in [3.8, 4) is 23.0 Å². The number of phenols is 1. The number of nitrogens with one attached hydrogen (secondary N) is 1. The number of aryl methyl sites for hydroxylation is 1. The molecule has 0 aromatic heterocycles. The van der Waals surface area contributed by atoms with E-state index in [-0.39, 0.29) is 57.0 Å². The monoisotopic (exact) mass is 1040 g/mol. The van der Waals surface area contributed by atoms with Crippen LogP contribution in [0.4, 0.5) is 10.5 Å². The van der Waals surface area contributed by atoms with Crippen LogP contribution >= 0.6 is 15.9 Å². The molecule has 25 heteroatoms. The number of halogens is 1. The second-order valence-electron chi connectivity index (χ2n) is 16.9. The van der Waals surface area contributed by atoms with Gasteiger partial charge in [0.15, 0.2) is 35.8 Å². The largest absolute Gasteiger partial charge is 0.506 e. The van der Waals surface area contributed by atoms with Crippen molar-refractivity contribution in [2.24, 2.45) is 5.11 Å². The highest BCUT2D eigenvalue weighted by Crippen LogP contribution is 2.66. The average Bonchev–Trinajstić information content (AvgIpc) is 3.81. The number of carbonyl (C=O) groups is 6. The smallest absolute Gasteiger partial charge is 0.407 e. The number of benzene rings is 3. The summed E-state index contributed by atoms with van der Waals surface area (Å²) in [5.41, 5.74) is 9.12. The number of rotatable bonds is 14. The van der Waals surface area contributed by atoms with Gasteiger partial charge in [0.2, 0.25) is 18.2 Å². The maximum atomic E-state index is 13.4. The number of carbonyl (C=O) groups excluding carboxylic acids is 6. The van der Waals surface area contributed by atoms with Crippen molar-refractivity contribution in [2.75, 3.05) is 33.2 Å². The van der Waals surface area contributed by atoms with Crippen LogP contribution in [0.2, 0.25) is 0 Å². The van der Waals surface area contributed by atoms with Crippen LogP contribution in [-0.4, -0.2) is 133 Å². The summed E-state index contributed by atoms with van der Waals surface area (Å²) in [7, 11) is 3.81. The number of ketones is 1. The van der Waals surface area contributed by atoms with Crippen molar-refractivity contribution in [3.63, 3.8) is 0 Å². The minimum absolute atomic E-state index is 0.0948. The van der Waals surface area contributed by atoms with E-state index in [1.165, 1.54) is 32.4 Å². The van der Waals surface area contributed by atoms with Crippen LogP contribution in [0.5, 0.6) is 23.0 Å². The van der Waals surface area contributed by atoms with Gasteiger partial charge in [0.1, 0.15) is 35.7 Å². The van der Waals surface area contributed by atoms with Crippen LogP contribution in [0.15, 0.2) is 29.4 Å². The number of alkyl halides is 1. The summed E-state index contributed by atoms with van der Waals surface area (Å²) in [5, 5.41) is 31.0. The fourth-order valence-electron chi connectivity index (χ4n) is 9.90. The van der Waals surface area contributed by atoms with Gasteiger partial charge in [-0.25, -0.2) is 9.59 Å². The normalized spacial score (nSPS) is 29.0. The Morgan fingerprint density at radius 3 is 2.33 bits per heavy atom. The number of ether oxygens (including phenoxy) is 12. The summed E-state index contributed by atoms with van der Waals surface area (Å²) < 4.78 is 69.8. The maximum Gasteiger partial charge on any atom is 0.407 e. The molecule has 5 aliphatic rings. The molecule has 3 fully saturated rings. The van der Waals surface area contributed by atoms with Crippen molar-refractivity contribution >= 4 is 68.1 Å². The van der Waals surface area contributed by atoms with Crippen LogP contribution in [0.25, 0.3) is 21.2 Å². The molecule has 374 valence electrons. The molecule has 3 unspecified atom stereocenters. The van der Waals surface area contributed by atoms with Crippen LogP contribution in [0.3, 0.4) is 0 Å². The van der Waals surface area contributed by atoms with E-state index in [0.717, 1.165) is 27.9 Å². The SMILES string of the molecule is COC(=O)[C@H]1O[C@@H](Oc2ccc(COC(=O)NCC34OC5c6c(C)cc7c(OC)c8c(c(O)c7c6O[C@](OC)(C5O3)[C@@]4(O)CBr)C(=O)CCC8)cc2N=[N+]=[N-])[C@H](OC(C)=O)[C@@H](OC(C)=O)[C@@H]1OC(C)=O. The molecule has 1 aliphatic carbocycles. The number of nitrogens with zero attached hydrogens (tertiary/aromatic N) is 3. The molecule has 3 N–H and O–H groups in total. The van der Waals surface area contributed by atoms with E-state index < -0.39 is 103 Å². The van der Waals surface area contributed by atoms with E-state index >= 15 is 0 Å². The Bertz CT molecular complexity index is 2750. The summed E-state index contributed by atoms with van der Waals surface area (Å²) in [5.74, 6) is -8.08. The van der Waals surface area contributed by atoms with Gasteiger partial charge in [-0.2, -0.15) is 0 Å². The molecule has 3 saturated heterocycles. The third kappa shape index (κ3) is 8.03. The summed E-state index contributed by atoms with van der Waals surface area (Å²) in [6.45, 7) is 3.93. The first-order valence-electron chi connectivity index (χ1n) is 21.6. The van der Waals surface area contributed by atoms with E-state index in [2.05, 4.69) is 31.3 Å². The quantitative estimate of drug-likeness (QED) is 0.0505. The lowest BCUT2D eigenvalue weighted by molar-refractivity contribution is -0.343. The van der Waals surface area contributed by atoms with Gasteiger partial charge in [-0.3, -0.25) is 19.2 Å². The van der Waals surface area contributed by atoms with Gasteiger partial charge in [-0.1, -0.05) is 27.1 Å². The van der Waals surface area contributed by atoms with Crippen molar-refractivity contribution < 1.29 is 95.8 Å². The van der Waals surface area contributed by atoms with Crippen LogP contribution in [-0.2, 0) is 74.8 Å². The highest BCUT2D eigenvalue weighted by atomic mass is 79.9. The van der Waals surface area contributed by atoms with Gasteiger partial charge in [0, 0.05) is 61.1 Å². The van der Waals surface area contributed by atoms with Gasteiger partial charge in [0.25, 0.3) is 5.79 Å². The molecular formula is C45H47BrN4O20. The summed E-state index contributed by atoms with van der Waals surface area (Å²) in [6, 6.07) is 5.76. The predicted octanol–water partition coefficient (Wildman–Crippen LogP) is 4.35. The number of Topliss-reactive ketones (excluding diaryl/α,β-unsaturated/α-hetero) is 1. The van der Waals surface area contributed by atoms with Gasteiger partial charge >= 0.3 is 30.0 Å². The number of esters is 4. The Balaban J connectivity index is 1.02. The molecule has 4 aliphatic heterocycles. The highest BCUT2D eigenvalue weighted by molar-refractivity contribution is 9.09. The molecular weight excluding hydrogens is 996 g/mol. The molecule has 24 nitrogen and oxygen atoms in total. The van der Waals surface area contributed by atoms with Crippen molar-refractivity contribution in [2.45, 2.75) is 114 Å². The van der Waals surface area contributed by atoms with Crippen LogP contribution < -0.4 is 19.5 Å². The summed E-state index contributed by atoms with van der Waals surface area (Å²) >= 11 is 3.38. The molecule has 2 bridgehead atoms. The number of hydrogen-bond acceptors (Lipinski definition) is 21. The second kappa shape index (κ2) is 19.0. The predicted molar refractivity (Wildman–Crippen MR) is 236 cm³/mol. The van der Waals surface area contributed by atoms with Gasteiger partial charge < -0.3 is 72.4 Å². The van der Waals surface area contributed by atoms with Gasteiger partial charge in [-0.05, 0) is 54.6 Å². The zero-order chi connectivity index (χ0) is 50.6. The number of azide groups is 1. The number of amides is 1. The molecule has 0 saturated carbocycles. The standard InChI is InChI=1S/C45H47BrN4O20/c1-18-13-24-30(31(55)29-23(32(24)59-5)9-8-10-26(29)54)33-28(18)34-39-45(61-7,69-33)43(58,16-46)44(68-34,70-39)17-48-42(57)62-15-22-11-12-27(25(14-22)49-50-47)66-41-38(65-21(4)53)36(64-20(3)52)35(63-19(2)51)37(67-41)40(56)60-6/h11-14,34-39,41,55,58H,8-10,15-17H2,1-7H3,(H,48,57)/t34?,35-,36-,37-,38+,39?,41+,43+,44?,45+/m0/s1. The zero-order valence-electron chi connectivity index (χ0n) is 38.6. The molecule has 3 aromatic rings. The van der Waals surface area contributed by atoms with E-state index in [4.69, 9.17) is 56.8 Å². The van der Waals surface area contributed by atoms with E-state index in [1.54, 1.807) is 13.0 Å². The first kappa shape index (κ1) is 49.9. The van der Waals surface area contributed by atoms with Crippen LogP contribution in [0.1, 0.15) is 72.3 Å². The minimum atomic E-state index is -2.20. The summed E-state index contributed by atoms with van der Waals surface area (Å²) in [4.78, 5) is 79.0. The Labute approximate surface area is 405 Å². The number of hydrogen-bond donors (Lipinski definition) is 3. The number of phenolic OH excluding ortho intramolecular Hbond substituents is 1. The minimum Gasteiger partial charge on any atom is -0.506 e. The summed E-state index contributed by atoms with van der Waals surface area (Å²) in [6.07, 6.45) is -10.3. The molecule has 0 spiro atoms. The molecule has 1 amide bonds. The lowest BCUT2D eigenvalue weighted by Gasteiger charge is -2.53. The number of methoxy groups -OCH3 is 3. The lowest BCUT2D eigenvalue weighted by Crippen LogP contribution is -2.75. The van der Waals surface area contributed by atoms with E-state index in [1.807, 2.05) is 0 Å². The van der Waals surface area contributed by atoms with E-state index in [0.29, 0.717) is 40.7 Å². The van der Waals surface area contributed by atoms with Crippen molar-refractivity contribution in [1.29, 1.82) is 0 Å². The van der Waals surface area contributed by atoms with Crippen molar-refractivity contribution in [1.82, 2.24) is 5.32 Å². The number of aromatic hydroxyl groups is 1. The average molecular weight is 1040 g/mol. The Morgan fingerprint density at radius 2 is 1.69 bits per heavy atom. The number of aliphatic hydroxyl groups is 1. The van der Waals surface area contributed by atoms with Gasteiger partial charge in [0.05, 0.1) is 37.4 Å². The fraction of sp³-hybridized carbons (Fsp3) is 0.511. The first-order valence-corrected chi connectivity index (χ1v) is 22.8. The number of fused-ring (bicyclic) bond motifs is 6. The molecule has 8 rings (SSSR count). The molecule has 3 aromatic carbocycles. The highest BCUT2D eigenvalue weighted by Gasteiger charge is 2.84. The molecule has 4 heterocycles. The first-order chi connectivity index (χ1) is 33.3. The molecule has 70 heavy (non-hydrogen) atoms. The number of alkyl carbamates (subject to hydrolysis) is 1. The molecule has 0 radical (unpaired) electrons. The second-order valence-corrected chi connectivity index (χ2v) is 17.4. The van der Waals surface area contributed by atoms with Gasteiger partial charge in [-0.15, -0.1) is 0 Å². The Hall–Kier alpha value is -6.47. The topological polar surface area (TPSA) is 314 Å². The third-order valence-corrected chi connectivity index (χ3v) is 13.6. The van der Waals surface area contributed by atoms with Crippen molar-refractivity contribution in [3.05, 3.63) is 62.5 Å². The maximum absolute atomic E-state index is 13.4. The zero-order valence-corrected chi connectivity index (χ0v) is 40.1. The molecule has 10 atom stereocenters. The Kier molecular flexibility index (Phi) is 13.6. The van der Waals surface area contributed by atoms with E-state index in [9.17, 15) is 44.5 Å². The van der Waals surface area contributed by atoms with Crippen LogP contribution in [0, 0.1) is 6.92 Å². The Morgan fingerprint density at radius 1 is 0.986 bits per heavy atom. The fourth-order valence-corrected chi connectivity index (χ4v) is 10.7.